The second kappa shape index (κ2) is 5.14. The summed E-state index contributed by atoms with van der Waals surface area (Å²) in [6, 6.07) is 5.42. The number of carbonyl (C=O) groups is 1. The quantitative estimate of drug-likeness (QED) is 0.804. The third-order valence-electron chi connectivity index (χ3n) is 1.43. The summed E-state index contributed by atoms with van der Waals surface area (Å²) in [4.78, 5) is 10.4. The number of hydrogen-bond acceptors (Lipinski definition) is 3. The molecular weight excluding hydrogens is 208 g/mol. The highest BCUT2D eigenvalue weighted by molar-refractivity contribution is 5.75. The third-order valence-corrected chi connectivity index (χ3v) is 1.43. The number of halogens is 2. The molecule has 1 aromatic rings. The minimum atomic E-state index is -2.86. The molecule has 1 amide bonds. The van der Waals surface area contributed by atoms with Crippen molar-refractivity contribution in [1.82, 2.24) is 0 Å². The topological polar surface area (TPSA) is 61.6 Å². The Morgan fingerprint density at radius 1 is 1.27 bits per heavy atom. The molecule has 0 fully saturated rings. The van der Waals surface area contributed by atoms with Gasteiger partial charge in [0.25, 0.3) is 5.91 Å². The number of ether oxygens (including phenoxy) is 2. The van der Waals surface area contributed by atoms with Crippen LogP contribution in [0.4, 0.5) is 8.78 Å². The van der Waals surface area contributed by atoms with Gasteiger partial charge in [-0.25, -0.2) is 0 Å². The average Bonchev–Trinajstić information content (AvgIpc) is 2.16. The Balaban J connectivity index is 2.52. The first-order valence-electron chi connectivity index (χ1n) is 4.04. The van der Waals surface area contributed by atoms with Gasteiger partial charge in [-0.05, 0) is 24.3 Å². The summed E-state index contributed by atoms with van der Waals surface area (Å²) < 4.78 is 32.5. The van der Waals surface area contributed by atoms with Crippen molar-refractivity contribution >= 4 is 5.91 Å². The van der Waals surface area contributed by atoms with Crippen molar-refractivity contribution in [3.05, 3.63) is 24.3 Å². The predicted molar refractivity (Wildman–Crippen MR) is 47.8 cm³/mol. The molecule has 82 valence electrons. The van der Waals surface area contributed by atoms with E-state index in [2.05, 4.69) is 4.74 Å². The van der Waals surface area contributed by atoms with E-state index in [0.717, 1.165) is 0 Å². The lowest BCUT2D eigenvalue weighted by Crippen LogP contribution is -2.19. The van der Waals surface area contributed by atoms with E-state index in [4.69, 9.17) is 10.5 Å². The summed E-state index contributed by atoms with van der Waals surface area (Å²) in [5, 5.41) is 0. The summed E-state index contributed by atoms with van der Waals surface area (Å²) in [6.45, 7) is -3.11. The van der Waals surface area contributed by atoms with E-state index in [0.29, 0.717) is 5.75 Å². The minimum absolute atomic E-state index is 0.0245. The van der Waals surface area contributed by atoms with Crippen LogP contribution in [0.15, 0.2) is 24.3 Å². The molecule has 0 saturated heterocycles. The Labute approximate surface area is 84.6 Å². The van der Waals surface area contributed by atoms with Crippen molar-refractivity contribution in [3.63, 3.8) is 0 Å². The molecule has 0 heterocycles. The highest BCUT2D eigenvalue weighted by Gasteiger charge is 2.04. The number of nitrogens with two attached hydrogens (primary N) is 1. The van der Waals surface area contributed by atoms with Crippen LogP contribution in [-0.2, 0) is 4.79 Å². The van der Waals surface area contributed by atoms with Crippen LogP contribution in [0.25, 0.3) is 0 Å². The maximum absolute atomic E-state index is 11.8. The molecule has 1 rings (SSSR count). The van der Waals surface area contributed by atoms with Crippen molar-refractivity contribution in [1.29, 1.82) is 0 Å². The summed E-state index contributed by atoms with van der Waals surface area (Å²) in [5.74, 6) is -0.227. The van der Waals surface area contributed by atoms with E-state index >= 15 is 0 Å². The van der Waals surface area contributed by atoms with E-state index in [9.17, 15) is 13.6 Å². The smallest absolute Gasteiger partial charge is 0.387 e. The molecule has 0 aromatic heterocycles. The molecule has 0 aliphatic rings. The lowest BCUT2D eigenvalue weighted by molar-refractivity contribution is -0.119. The van der Waals surface area contributed by atoms with E-state index in [-0.39, 0.29) is 12.4 Å². The Hall–Kier alpha value is -1.85. The number of benzene rings is 1. The van der Waals surface area contributed by atoms with Gasteiger partial charge in [0.2, 0.25) is 0 Å². The molecule has 1 aromatic carbocycles. The second-order valence-corrected chi connectivity index (χ2v) is 2.60. The van der Waals surface area contributed by atoms with Gasteiger partial charge >= 0.3 is 6.61 Å². The molecular formula is C9H9F2NO3. The van der Waals surface area contributed by atoms with Crippen LogP contribution in [0.1, 0.15) is 0 Å². The standard InChI is InChI=1S/C9H9F2NO3/c10-9(11)15-7-3-1-6(2-4-7)14-5-8(12)13/h1-4,9H,5H2,(H2,12,13). The van der Waals surface area contributed by atoms with Crippen LogP contribution >= 0.6 is 0 Å². The number of rotatable bonds is 5. The maximum atomic E-state index is 11.8. The van der Waals surface area contributed by atoms with Crippen molar-refractivity contribution in [2.75, 3.05) is 6.61 Å². The fourth-order valence-corrected chi connectivity index (χ4v) is 0.872. The van der Waals surface area contributed by atoms with Crippen LogP contribution < -0.4 is 15.2 Å². The Bertz CT molecular complexity index is 327. The molecule has 2 N–H and O–H groups in total. The summed E-state index contributed by atoms with van der Waals surface area (Å²) in [5.41, 5.74) is 4.85. The summed E-state index contributed by atoms with van der Waals surface area (Å²) in [6.07, 6.45) is 0. The van der Waals surface area contributed by atoms with Gasteiger partial charge in [-0.1, -0.05) is 0 Å². The van der Waals surface area contributed by atoms with Crippen LogP contribution in [0.3, 0.4) is 0 Å². The van der Waals surface area contributed by atoms with Crippen LogP contribution in [0.2, 0.25) is 0 Å². The maximum Gasteiger partial charge on any atom is 0.387 e. The molecule has 15 heavy (non-hydrogen) atoms. The third kappa shape index (κ3) is 4.26. The van der Waals surface area contributed by atoms with Crippen LogP contribution in [0.5, 0.6) is 11.5 Å². The van der Waals surface area contributed by atoms with Gasteiger partial charge in [0.05, 0.1) is 0 Å². The molecule has 0 spiro atoms. The number of primary amides is 1. The molecule has 0 aliphatic heterocycles. The molecule has 0 radical (unpaired) electrons. The van der Waals surface area contributed by atoms with Crippen molar-refractivity contribution in [3.8, 4) is 11.5 Å². The van der Waals surface area contributed by atoms with E-state index < -0.39 is 12.5 Å². The molecule has 0 bridgehead atoms. The van der Waals surface area contributed by atoms with Crippen molar-refractivity contribution in [2.45, 2.75) is 6.61 Å². The first kappa shape index (κ1) is 11.2. The second-order valence-electron chi connectivity index (χ2n) is 2.60. The summed E-state index contributed by atoms with van der Waals surface area (Å²) >= 11 is 0. The SMILES string of the molecule is NC(=O)COc1ccc(OC(F)F)cc1. The molecule has 6 heteroatoms. The number of hydrogen-bond donors (Lipinski definition) is 1. The van der Waals surface area contributed by atoms with Gasteiger partial charge in [-0.2, -0.15) is 8.78 Å². The van der Waals surface area contributed by atoms with E-state index in [1.54, 1.807) is 0 Å². The monoisotopic (exact) mass is 217 g/mol. The van der Waals surface area contributed by atoms with Gasteiger partial charge in [-0.3, -0.25) is 4.79 Å². The normalized spacial score (nSPS) is 10.1. The van der Waals surface area contributed by atoms with E-state index in [1.807, 2.05) is 0 Å². The Morgan fingerprint density at radius 3 is 2.27 bits per heavy atom. The van der Waals surface area contributed by atoms with Gasteiger partial charge < -0.3 is 15.2 Å². The molecule has 0 aliphatic carbocycles. The van der Waals surface area contributed by atoms with Crippen molar-refractivity contribution in [2.24, 2.45) is 5.73 Å². The van der Waals surface area contributed by atoms with Crippen LogP contribution in [-0.4, -0.2) is 19.1 Å². The zero-order valence-corrected chi connectivity index (χ0v) is 7.65. The zero-order valence-electron chi connectivity index (χ0n) is 7.65. The fraction of sp³-hybridized carbons (Fsp3) is 0.222. The highest BCUT2D eigenvalue weighted by atomic mass is 19.3. The Morgan fingerprint density at radius 2 is 1.80 bits per heavy atom. The highest BCUT2D eigenvalue weighted by Crippen LogP contribution is 2.18. The van der Waals surface area contributed by atoms with Crippen LogP contribution in [0, 0.1) is 0 Å². The van der Waals surface area contributed by atoms with Gasteiger partial charge in [0, 0.05) is 0 Å². The predicted octanol–water partition coefficient (Wildman–Crippen LogP) is 1.15. The van der Waals surface area contributed by atoms with Gasteiger partial charge in [0.1, 0.15) is 11.5 Å². The van der Waals surface area contributed by atoms with Gasteiger partial charge in [0.15, 0.2) is 6.61 Å². The largest absolute Gasteiger partial charge is 0.484 e. The lowest BCUT2D eigenvalue weighted by atomic mass is 10.3. The Kier molecular flexibility index (Phi) is 3.84. The number of carbonyl (C=O) groups excluding carboxylic acids is 1. The molecule has 0 unspecified atom stereocenters. The van der Waals surface area contributed by atoms with Gasteiger partial charge in [-0.15, -0.1) is 0 Å². The number of amides is 1. The van der Waals surface area contributed by atoms with Crippen molar-refractivity contribution < 1.29 is 23.0 Å². The van der Waals surface area contributed by atoms with E-state index in [1.165, 1.54) is 24.3 Å². The minimum Gasteiger partial charge on any atom is -0.484 e. The zero-order chi connectivity index (χ0) is 11.3. The fourth-order valence-electron chi connectivity index (χ4n) is 0.872. The molecule has 4 nitrogen and oxygen atoms in total. The number of alkyl halides is 2. The lowest BCUT2D eigenvalue weighted by Gasteiger charge is -2.06. The first-order valence-corrected chi connectivity index (χ1v) is 4.04. The first-order chi connectivity index (χ1) is 7.08. The average molecular weight is 217 g/mol. The molecule has 0 atom stereocenters. The molecule has 0 saturated carbocycles. The summed E-state index contributed by atoms with van der Waals surface area (Å²) in [7, 11) is 0.